The second kappa shape index (κ2) is 10.9. The van der Waals surface area contributed by atoms with Gasteiger partial charge in [0.1, 0.15) is 4.91 Å². The van der Waals surface area contributed by atoms with E-state index >= 15 is 0 Å². The molecule has 1 N–H and O–H groups in total. The molecule has 188 valence electrons. The van der Waals surface area contributed by atoms with Gasteiger partial charge in [0.05, 0.1) is 23.8 Å². The van der Waals surface area contributed by atoms with Crippen molar-refractivity contribution in [2.45, 2.75) is 31.8 Å². The Hall–Kier alpha value is -3.49. The molecule has 0 aromatic heterocycles. The van der Waals surface area contributed by atoms with Crippen molar-refractivity contribution >= 4 is 51.8 Å². The minimum Gasteiger partial charge on any atom is -0.385 e. The molecule has 5 rings (SSSR count). The third-order valence-electron chi connectivity index (χ3n) is 6.24. The highest BCUT2D eigenvalue weighted by Crippen LogP contribution is 2.50. The molecule has 3 aromatic carbocycles. The average molecular weight is 529 g/mol. The zero-order chi connectivity index (χ0) is 25.9. The van der Waals surface area contributed by atoms with Crippen molar-refractivity contribution < 1.29 is 9.59 Å². The van der Waals surface area contributed by atoms with Crippen LogP contribution in [0.15, 0.2) is 92.6 Å². The maximum atomic E-state index is 13.8. The summed E-state index contributed by atoms with van der Waals surface area (Å²) >= 11 is 3.04. The van der Waals surface area contributed by atoms with E-state index in [1.807, 2.05) is 74.6 Å². The summed E-state index contributed by atoms with van der Waals surface area (Å²) in [5.41, 5.74) is 4.66. The quantitative estimate of drug-likeness (QED) is 0.284. The number of nitrogens with zero attached hydrogens (tertiary/aromatic N) is 3. The van der Waals surface area contributed by atoms with Gasteiger partial charge in [-0.2, -0.15) is 0 Å². The summed E-state index contributed by atoms with van der Waals surface area (Å²) in [6.45, 7) is 5.16. The smallest absolute Gasteiger partial charge is 0.269 e. The SMILES string of the molecule is CCNc1ccc(C(C)=O)cc1CN=C1S/C(=C2\Sc3ccccc3N2C)C(=O)N1Cc1ccccc1. The molecule has 2 aliphatic rings. The molecule has 2 heterocycles. The number of amides is 1. The summed E-state index contributed by atoms with van der Waals surface area (Å²) in [4.78, 5) is 36.4. The number of Topliss-reactive ketones (excluding diaryl/α,β-unsaturated/α-hetero) is 1. The third kappa shape index (κ3) is 5.17. The van der Waals surface area contributed by atoms with E-state index in [0.717, 1.165) is 39.0 Å². The van der Waals surface area contributed by atoms with Gasteiger partial charge in [-0.15, -0.1) is 0 Å². The number of aliphatic imine (C=N–C) groups is 1. The normalized spacial score (nSPS) is 18.0. The Bertz CT molecular complexity index is 1420. The van der Waals surface area contributed by atoms with Crippen LogP contribution in [0.5, 0.6) is 0 Å². The fraction of sp³-hybridized carbons (Fsp3) is 0.207. The maximum Gasteiger partial charge on any atom is 0.269 e. The van der Waals surface area contributed by atoms with E-state index in [-0.39, 0.29) is 11.7 Å². The van der Waals surface area contributed by atoms with Gasteiger partial charge in [-0.25, -0.2) is 0 Å². The maximum absolute atomic E-state index is 13.8. The molecule has 8 heteroatoms. The summed E-state index contributed by atoms with van der Waals surface area (Å²) in [5.74, 6) is -0.0277. The number of carbonyl (C=O) groups is 2. The van der Waals surface area contributed by atoms with Crippen molar-refractivity contribution in [1.29, 1.82) is 0 Å². The molecule has 0 saturated carbocycles. The summed E-state index contributed by atoms with van der Waals surface area (Å²) in [7, 11) is 2.00. The Balaban J connectivity index is 1.51. The van der Waals surface area contributed by atoms with E-state index in [2.05, 4.69) is 22.3 Å². The molecule has 1 fully saturated rings. The molecule has 2 aliphatic heterocycles. The van der Waals surface area contributed by atoms with Crippen LogP contribution in [0.25, 0.3) is 0 Å². The molecule has 6 nitrogen and oxygen atoms in total. The van der Waals surface area contributed by atoms with Crippen LogP contribution in [-0.2, 0) is 17.9 Å². The van der Waals surface area contributed by atoms with Gasteiger partial charge in [0.15, 0.2) is 11.0 Å². The van der Waals surface area contributed by atoms with Gasteiger partial charge in [-0.05, 0) is 67.1 Å². The number of nitrogens with one attached hydrogen (secondary N) is 1. The number of para-hydroxylation sites is 1. The highest BCUT2D eigenvalue weighted by atomic mass is 32.2. The minimum atomic E-state index is -0.0425. The lowest BCUT2D eigenvalue weighted by Crippen LogP contribution is -2.29. The summed E-state index contributed by atoms with van der Waals surface area (Å²) in [6, 6.07) is 23.8. The summed E-state index contributed by atoms with van der Waals surface area (Å²) in [5, 5.41) is 4.95. The highest BCUT2D eigenvalue weighted by Gasteiger charge is 2.39. The Labute approximate surface area is 225 Å². The van der Waals surface area contributed by atoms with Crippen LogP contribution >= 0.6 is 23.5 Å². The van der Waals surface area contributed by atoms with Gasteiger partial charge in [0.25, 0.3) is 5.91 Å². The number of carbonyl (C=O) groups excluding carboxylic acids is 2. The minimum absolute atomic E-state index is 0.0148. The van der Waals surface area contributed by atoms with Crippen LogP contribution in [0.2, 0.25) is 0 Å². The van der Waals surface area contributed by atoms with Crippen LogP contribution < -0.4 is 10.2 Å². The first kappa shape index (κ1) is 25.2. The number of amidine groups is 1. The van der Waals surface area contributed by atoms with Crippen LogP contribution in [0, 0.1) is 0 Å². The molecule has 1 amide bonds. The van der Waals surface area contributed by atoms with E-state index in [9.17, 15) is 9.59 Å². The van der Waals surface area contributed by atoms with Gasteiger partial charge in [-0.1, -0.05) is 54.2 Å². The first-order chi connectivity index (χ1) is 18.0. The predicted octanol–water partition coefficient (Wildman–Crippen LogP) is 6.36. The number of fused-ring (bicyclic) bond motifs is 1. The molecular weight excluding hydrogens is 500 g/mol. The molecular formula is C29H28N4O2S2. The standard InChI is InChI=1S/C29H28N4O2S2/c1-4-30-23-15-14-21(19(2)34)16-22(23)17-31-29-33(18-20-10-6-5-7-11-20)27(35)26(37-29)28-32(3)24-12-8-9-13-25(24)36-28/h5-16,30H,4,17-18H2,1-3H3/b28-26-,31-29?. The molecule has 0 aliphatic carbocycles. The predicted molar refractivity (Wildman–Crippen MR) is 154 cm³/mol. The zero-order valence-corrected chi connectivity index (χ0v) is 22.7. The zero-order valence-electron chi connectivity index (χ0n) is 21.0. The fourth-order valence-electron chi connectivity index (χ4n) is 4.32. The van der Waals surface area contributed by atoms with Gasteiger partial charge in [-0.3, -0.25) is 19.5 Å². The lowest BCUT2D eigenvalue weighted by atomic mass is 10.1. The van der Waals surface area contributed by atoms with Gasteiger partial charge in [0.2, 0.25) is 0 Å². The molecule has 0 spiro atoms. The van der Waals surface area contributed by atoms with Crippen LogP contribution in [0.4, 0.5) is 11.4 Å². The van der Waals surface area contributed by atoms with E-state index in [0.29, 0.717) is 28.7 Å². The Kier molecular flexibility index (Phi) is 7.39. The Morgan fingerprint density at radius 3 is 2.49 bits per heavy atom. The molecule has 0 radical (unpaired) electrons. The summed E-state index contributed by atoms with van der Waals surface area (Å²) in [6.07, 6.45) is 0. The monoisotopic (exact) mass is 528 g/mol. The number of anilines is 2. The van der Waals surface area contributed by atoms with Crippen molar-refractivity contribution in [2.24, 2.45) is 4.99 Å². The number of thioether (sulfide) groups is 2. The fourth-order valence-corrected chi connectivity index (χ4v) is 6.64. The van der Waals surface area contributed by atoms with Gasteiger partial charge in [0, 0.05) is 29.7 Å². The van der Waals surface area contributed by atoms with Crippen LogP contribution in [0.1, 0.15) is 35.3 Å². The molecule has 0 bridgehead atoms. The second-order valence-electron chi connectivity index (χ2n) is 8.80. The van der Waals surface area contributed by atoms with Crippen molar-refractivity contribution in [3.05, 3.63) is 99.4 Å². The van der Waals surface area contributed by atoms with Crippen molar-refractivity contribution in [1.82, 2.24) is 4.90 Å². The number of benzene rings is 3. The first-order valence-electron chi connectivity index (χ1n) is 12.2. The lowest BCUT2D eigenvalue weighted by molar-refractivity contribution is -0.122. The van der Waals surface area contributed by atoms with Crippen LogP contribution in [-0.4, -0.2) is 35.4 Å². The number of hydrogen-bond acceptors (Lipinski definition) is 7. The van der Waals surface area contributed by atoms with E-state index in [1.54, 1.807) is 23.6 Å². The third-order valence-corrected chi connectivity index (χ3v) is 8.71. The Morgan fingerprint density at radius 2 is 1.76 bits per heavy atom. The van der Waals surface area contributed by atoms with Gasteiger partial charge < -0.3 is 10.2 Å². The largest absolute Gasteiger partial charge is 0.385 e. The Morgan fingerprint density at radius 1 is 1.00 bits per heavy atom. The van der Waals surface area contributed by atoms with E-state index in [4.69, 9.17) is 4.99 Å². The number of ketones is 1. The molecule has 3 aromatic rings. The van der Waals surface area contributed by atoms with Gasteiger partial charge >= 0.3 is 0 Å². The van der Waals surface area contributed by atoms with Crippen molar-refractivity contribution in [3.8, 4) is 0 Å². The topological polar surface area (TPSA) is 65.0 Å². The lowest BCUT2D eigenvalue weighted by Gasteiger charge is -2.17. The highest BCUT2D eigenvalue weighted by molar-refractivity contribution is 8.19. The van der Waals surface area contributed by atoms with E-state index in [1.165, 1.54) is 11.8 Å². The molecule has 0 atom stereocenters. The number of hydrogen-bond donors (Lipinski definition) is 1. The summed E-state index contributed by atoms with van der Waals surface area (Å²) < 4.78 is 0. The van der Waals surface area contributed by atoms with Crippen LogP contribution in [0.3, 0.4) is 0 Å². The first-order valence-corrected chi connectivity index (χ1v) is 13.8. The molecule has 1 saturated heterocycles. The second-order valence-corrected chi connectivity index (χ2v) is 10.8. The average Bonchev–Trinajstić information content (AvgIpc) is 3.40. The van der Waals surface area contributed by atoms with Crippen molar-refractivity contribution in [2.75, 3.05) is 23.8 Å². The van der Waals surface area contributed by atoms with Crippen molar-refractivity contribution in [3.63, 3.8) is 0 Å². The molecule has 0 unspecified atom stereocenters. The molecule has 37 heavy (non-hydrogen) atoms. The number of rotatable bonds is 7. The van der Waals surface area contributed by atoms with E-state index < -0.39 is 0 Å².